The van der Waals surface area contributed by atoms with Crippen LogP contribution < -0.4 is 10.2 Å². The highest BCUT2D eigenvalue weighted by atomic mass is 16.5. The van der Waals surface area contributed by atoms with E-state index in [4.69, 9.17) is 9.51 Å². The van der Waals surface area contributed by atoms with Gasteiger partial charge in [-0.15, -0.1) is 0 Å². The molecule has 8 nitrogen and oxygen atoms in total. The van der Waals surface area contributed by atoms with Crippen LogP contribution in [-0.2, 0) is 10.3 Å². The van der Waals surface area contributed by atoms with E-state index in [-0.39, 0.29) is 11.8 Å². The highest BCUT2D eigenvalue weighted by molar-refractivity contribution is 5.74. The second-order valence-electron chi connectivity index (χ2n) is 6.95. The number of aromatic nitrogens is 4. The van der Waals surface area contributed by atoms with Gasteiger partial charge in [-0.05, 0) is 13.3 Å². The van der Waals surface area contributed by atoms with Crippen LogP contribution in [0, 0.1) is 13.8 Å². The van der Waals surface area contributed by atoms with Gasteiger partial charge >= 0.3 is 0 Å². The first kappa shape index (κ1) is 17.3. The number of hydrogen-bond acceptors (Lipinski definition) is 7. The van der Waals surface area contributed by atoms with E-state index in [2.05, 4.69) is 39.2 Å². The van der Waals surface area contributed by atoms with Crippen molar-refractivity contribution < 1.29 is 9.32 Å². The molecule has 2 aromatic heterocycles. The maximum absolute atomic E-state index is 11.8. The van der Waals surface area contributed by atoms with Crippen molar-refractivity contribution in [2.75, 3.05) is 18.0 Å². The molecule has 1 N–H and O–H groups in total. The summed E-state index contributed by atoms with van der Waals surface area (Å²) in [5.41, 5.74) is 0.265. The number of carbonyl (C=O) groups is 1. The minimum absolute atomic E-state index is 0.119. The lowest BCUT2D eigenvalue weighted by Gasteiger charge is -2.27. The summed E-state index contributed by atoms with van der Waals surface area (Å²) in [6.45, 7) is 10.6. The molecule has 3 rings (SSSR count). The number of rotatable bonds is 4. The summed E-state index contributed by atoms with van der Waals surface area (Å²) in [4.78, 5) is 27.5. The van der Waals surface area contributed by atoms with Gasteiger partial charge in [0.2, 0.25) is 11.8 Å². The lowest BCUT2D eigenvalue weighted by atomic mass is 9.97. The van der Waals surface area contributed by atoms with Gasteiger partial charge in [0, 0.05) is 44.6 Å². The smallest absolute Gasteiger partial charge is 0.223 e. The van der Waals surface area contributed by atoms with Crippen molar-refractivity contribution in [3.63, 3.8) is 0 Å². The van der Waals surface area contributed by atoms with Gasteiger partial charge in [0.15, 0.2) is 5.82 Å². The number of nitrogens with one attached hydrogen (secondary N) is 1. The van der Waals surface area contributed by atoms with Crippen molar-refractivity contribution in [3.05, 3.63) is 29.3 Å². The predicted molar refractivity (Wildman–Crippen MR) is 92.2 cm³/mol. The molecule has 0 unspecified atom stereocenters. The van der Waals surface area contributed by atoms with E-state index in [1.807, 2.05) is 13.0 Å². The molecule has 1 aliphatic rings. The first-order valence-electron chi connectivity index (χ1n) is 8.49. The quantitative estimate of drug-likeness (QED) is 0.904. The topological polar surface area (TPSA) is 97.0 Å². The van der Waals surface area contributed by atoms with Gasteiger partial charge in [-0.1, -0.05) is 19.0 Å². The molecule has 0 aromatic carbocycles. The normalized spacial score (nSPS) is 20.3. The van der Waals surface area contributed by atoms with E-state index in [0.29, 0.717) is 24.7 Å². The van der Waals surface area contributed by atoms with Crippen LogP contribution in [0.15, 0.2) is 10.6 Å². The lowest BCUT2D eigenvalue weighted by molar-refractivity contribution is -0.120. The Morgan fingerprint density at radius 1 is 1.32 bits per heavy atom. The van der Waals surface area contributed by atoms with E-state index in [1.165, 1.54) is 6.92 Å². The molecule has 0 radical (unpaired) electrons. The van der Waals surface area contributed by atoms with Crippen LogP contribution in [0.2, 0.25) is 0 Å². The van der Waals surface area contributed by atoms with E-state index in [1.54, 1.807) is 6.92 Å². The molecule has 0 bridgehead atoms. The van der Waals surface area contributed by atoms with E-state index < -0.39 is 5.54 Å². The predicted octanol–water partition coefficient (Wildman–Crippen LogP) is 1.84. The minimum atomic E-state index is -0.666. The summed E-state index contributed by atoms with van der Waals surface area (Å²) in [5.74, 6) is 2.81. The Labute approximate surface area is 147 Å². The Morgan fingerprint density at radius 3 is 2.68 bits per heavy atom. The third kappa shape index (κ3) is 3.47. The largest absolute Gasteiger partial charge is 0.354 e. The van der Waals surface area contributed by atoms with Crippen LogP contribution in [-0.4, -0.2) is 39.1 Å². The molecule has 25 heavy (non-hydrogen) atoms. The first-order chi connectivity index (χ1) is 11.8. The standard InChI is InChI=1S/C17H24N6O2/c1-10(2)15-18-11(3)8-14(20-15)23-7-6-17(9-23,21-12(4)24)16-19-13(5)25-22-16/h8,10H,6-7,9H2,1-5H3,(H,21,24)/t17-/m0/s1. The van der Waals surface area contributed by atoms with Gasteiger partial charge in [-0.25, -0.2) is 9.97 Å². The molecule has 1 aliphatic heterocycles. The number of carbonyl (C=O) groups excluding carboxylic acids is 1. The Bertz CT molecular complexity index is 787. The summed E-state index contributed by atoms with van der Waals surface area (Å²) < 4.78 is 5.14. The van der Waals surface area contributed by atoms with Crippen LogP contribution in [0.3, 0.4) is 0 Å². The fourth-order valence-corrected chi connectivity index (χ4v) is 3.17. The molecule has 1 fully saturated rings. The van der Waals surface area contributed by atoms with Crippen LogP contribution in [0.25, 0.3) is 0 Å². The average Bonchev–Trinajstić information content (AvgIpc) is 3.13. The molecule has 1 amide bonds. The molecule has 2 aromatic rings. The highest BCUT2D eigenvalue weighted by Gasteiger charge is 2.44. The van der Waals surface area contributed by atoms with Crippen LogP contribution in [0.4, 0.5) is 5.82 Å². The Balaban J connectivity index is 1.93. The summed E-state index contributed by atoms with van der Waals surface area (Å²) in [6.07, 6.45) is 0.686. The van der Waals surface area contributed by atoms with Gasteiger partial charge in [-0.2, -0.15) is 4.98 Å². The third-order valence-electron chi connectivity index (χ3n) is 4.34. The number of hydrogen-bond donors (Lipinski definition) is 1. The SMILES string of the molecule is CC(=O)N[C@@]1(c2noc(C)n2)CCN(c2cc(C)nc(C(C)C)n2)C1. The Morgan fingerprint density at radius 2 is 2.08 bits per heavy atom. The molecule has 3 heterocycles. The fourth-order valence-electron chi connectivity index (χ4n) is 3.17. The Hall–Kier alpha value is -2.51. The van der Waals surface area contributed by atoms with Crippen LogP contribution >= 0.6 is 0 Å². The number of anilines is 1. The van der Waals surface area contributed by atoms with Crippen molar-refractivity contribution >= 4 is 11.7 Å². The zero-order chi connectivity index (χ0) is 18.2. The maximum atomic E-state index is 11.8. The molecule has 8 heteroatoms. The molecule has 0 saturated carbocycles. The second-order valence-corrected chi connectivity index (χ2v) is 6.95. The second kappa shape index (κ2) is 6.42. The molecule has 134 valence electrons. The summed E-state index contributed by atoms with van der Waals surface area (Å²) in [5, 5.41) is 7.08. The van der Waals surface area contributed by atoms with Gasteiger partial charge < -0.3 is 14.7 Å². The monoisotopic (exact) mass is 344 g/mol. The van der Waals surface area contributed by atoms with Crippen LogP contribution in [0.5, 0.6) is 0 Å². The number of amides is 1. The van der Waals surface area contributed by atoms with E-state index in [0.717, 1.165) is 23.9 Å². The number of aryl methyl sites for hydroxylation is 2. The fraction of sp³-hybridized carbons (Fsp3) is 0.588. The lowest BCUT2D eigenvalue weighted by Crippen LogP contribution is -2.48. The van der Waals surface area contributed by atoms with Gasteiger partial charge in [0.05, 0.1) is 0 Å². The minimum Gasteiger partial charge on any atom is -0.354 e. The summed E-state index contributed by atoms with van der Waals surface area (Å²) in [6, 6.07) is 1.97. The molecule has 0 aliphatic carbocycles. The summed E-state index contributed by atoms with van der Waals surface area (Å²) >= 11 is 0. The van der Waals surface area contributed by atoms with Crippen molar-refractivity contribution in [2.24, 2.45) is 0 Å². The number of nitrogens with zero attached hydrogens (tertiary/aromatic N) is 5. The molecular weight excluding hydrogens is 320 g/mol. The van der Waals surface area contributed by atoms with Gasteiger partial charge in [0.25, 0.3) is 0 Å². The molecule has 1 atom stereocenters. The van der Waals surface area contributed by atoms with Crippen molar-refractivity contribution in [1.29, 1.82) is 0 Å². The maximum Gasteiger partial charge on any atom is 0.223 e. The van der Waals surface area contributed by atoms with E-state index in [9.17, 15) is 4.79 Å². The average molecular weight is 344 g/mol. The van der Waals surface area contributed by atoms with Crippen LogP contribution in [0.1, 0.15) is 56.3 Å². The van der Waals surface area contributed by atoms with Gasteiger partial charge in [0.1, 0.15) is 17.2 Å². The van der Waals surface area contributed by atoms with Crippen molar-refractivity contribution in [1.82, 2.24) is 25.4 Å². The zero-order valence-electron chi connectivity index (χ0n) is 15.3. The van der Waals surface area contributed by atoms with Gasteiger partial charge in [-0.3, -0.25) is 4.79 Å². The highest BCUT2D eigenvalue weighted by Crippen LogP contribution is 2.33. The molecular formula is C17H24N6O2. The van der Waals surface area contributed by atoms with E-state index >= 15 is 0 Å². The first-order valence-corrected chi connectivity index (χ1v) is 8.49. The molecule has 0 spiro atoms. The zero-order valence-corrected chi connectivity index (χ0v) is 15.3. The summed E-state index contributed by atoms with van der Waals surface area (Å²) in [7, 11) is 0. The Kier molecular flexibility index (Phi) is 4.45. The van der Waals surface area contributed by atoms with Crippen molar-refractivity contribution in [3.8, 4) is 0 Å². The third-order valence-corrected chi connectivity index (χ3v) is 4.34. The molecule has 1 saturated heterocycles. The van der Waals surface area contributed by atoms with Crippen molar-refractivity contribution in [2.45, 2.75) is 52.5 Å².